The first-order valence-corrected chi connectivity index (χ1v) is 8.94. The van der Waals surface area contributed by atoms with Crippen LogP contribution in [0.4, 0.5) is 0 Å². The molecule has 2 amide bonds. The van der Waals surface area contributed by atoms with E-state index < -0.39 is 17.0 Å². The van der Waals surface area contributed by atoms with Crippen LogP contribution in [0.25, 0.3) is 6.08 Å². The molecule has 0 bridgehead atoms. The highest BCUT2D eigenvalue weighted by atomic mass is 35.5. The zero-order valence-electron chi connectivity index (χ0n) is 15.4. The zero-order chi connectivity index (χ0) is 19.6. The number of nitrogens with zero attached hydrogens (tertiary/aromatic N) is 2. The lowest BCUT2D eigenvalue weighted by molar-refractivity contribution is -0.191. The molecular formula is C21H21ClN2O3. The van der Waals surface area contributed by atoms with Gasteiger partial charge in [-0.05, 0) is 17.2 Å². The number of methoxy groups -OCH3 is 1. The van der Waals surface area contributed by atoms with Gasteiger partial charge in [-0.15, -0.1) is 11.6 Å². The van der Waals surface area contributed by atoms with E-state index in [4.69, 9.17) is 16.3 Å². The second-order valence-electron chi connectivity index (χ2n) is 6.34. The maximum Gasteiger partial charge on any atom is 0.282 e. The number of likely N-dealkylation sites (N-methyl/N-ethyl adjacent to an activating group) is 2. The largest absolute Gasteiger partial charge is 0.349 e. The number of piperazine rings is 1. The fourth-order valence-electron chi connectivity index (χ4n) is 3.28. The average molecular weight is 385 g/mol. The summed E-state index contributed by atoms with van der Waals surface area (Å²) in [6, 6.07) is 18.5. The summed E-state index contributed by atoms with van der Waals surface area (Å²) in [5, 5.41) is -0.870. The van der Waals surface area contributed by atoms with E-state index in [1.165, 1.54) is 24.0 Å². The normalized spacial score (nSPS) is 23.0. The van der Waals surface area contributed by atoms with Crippen molar-refractivity contribution in [2.45, 2.75) is 11.1 Å². The van der Waals surface area contributed by atoms with Gasteiger partial charge < -0.3 is 14.5 Å². The fourth-order valence-corrected chi connectivity index (χ4v) is 3.75. The third-order valence-corrected chi connectivity index (χ3v) is 5.39. The third-order valence-electron chi connectivity index (χ3n) is 4.84. The van der Waals surface area contributed by atoms with Gasteiger partial charge in [0.1, 0.15) is 11.1 Å². The van der Waals surface area contributed by atoms with Crippen LogP contribution in [0, 0.1) is 0 Å². The lowest BCUT2D eigenvalue weighted by Gasteiger charge is -2.48. The van der Waals surface area contributed by atoms with Gasteiger partial charge >= 0.3 is 0 Å². The number of benzene rings is 2. The van der Waals surface area contributed by atoms with Gasteiger partial charge in [0.15, 0.2) is 0 Å². The zero-order valence-corrected chi connectivity index (χ0v) is 16.2. The molecule has 1 heterocycles. The number of halogens is 1. The molecule has 5 nitrogen and oxygen atoms in total. The monoisotopic (exact) mass is 384 g/mol. The van der Waals surface area contributed by atoms with Crippen molar-refractivity contribution >= 4 is 29.5 Å². The Hall–Kier alpha value is -2.63. The van der Waals surface area contributed by atoms with E-state index in [1.54, 1.807) is 25.3 Å². The highest BCUT2D eigenvalue weighted by Gasteiger charge is 2.57. The Morgan fingerprint density at radius 1 is 1.00 bits per heavy atom. The molecule has 0 saturated carbocycles. The molecule has 6 heteroatoms. The summed E-state index contributed by atoms with van der Waals surface area (Å²) >= 11 is 6.68. The van der Waals surface area contributed by atoms with Crippen molar-refractivity contribution in [3.8, 4) is 0 Å². The summed E-state index contributed by atoms with van der Waals surface area (Å²) in [7, 11) is 4.48. The van der Waals surface area contributed by atoms with Gasteiger partial charge in [-0.1, -0.05) is 60.7 Å². The number of alkyl halides is 1. The van der Waals surface area contributed by atoms with Gasteiger partial charge in [0, 0.05) is 21.2 Å². The smallest absolute Gasteiger partial charge is 0.282 e. The Morgan fingerprint density at radius 2 is 1.56 bits per heavy atom. The number of carbonyl (C=O) groups is 2. The van der Waals surface area contributed by atoms with Crippen LogP contribution in [0.1, 0.15) is 16.5 Å². The summed E-state index contributed by atoms with van der Waals surface area (Å²) in [5.74, 6) is -0.748. The maximum atomic E-state index is 13.3. The van der Waals surface area contributed by atoms with Crippen LogP contribution in [0.5, 0.6) is 0 Å². The Labute approximate surface area is 163 Å². The van der Waals surface area contributed by atoms with E-state index in [2.05, 4.69) is 0 Å². The second kappa shape index (κ2) is 7.55. The predicted molar refractivity (Wildman–Crippen MR) is 105 cm³/mol. The van der Waals surface area contributed by atoms with Gasteiger partial charge in [0.25, 0.3) is 11.8 Å². The highest BCUT2D eigenvalue weighted by molar-refractivity contribution is 6.24. The molecule has 2 aromatic rings. The SMILES string of the molecule is CO[C@]1([C@H](Cl)c2ccccc2)C(=O)N(C)/C(=C\c2ccccc2)C(=O)N1C. The summed E-state index contributed by atoms with van der Waals surface area (Å²) < 4.78 is 5.61. The number of hydrogen-bond donors (Lipinski definition) is 0. The topological polar surface area (TPSA) is 49.9 Å². The Balaban J connectivity index is 2.06. The van der Waals surface area contributed by atoms with Crippen molar-refractivity contribution in [1.82, 2.24) is 9.80 Å². The van der Waals surface area contributed by atoms with Gasteiger partial charge in [-0.25, -0.2) is 0 Å². The second-order valence-corrected chi connectivity index (χ2v) is 6.78. The molecule has 2 atom stereocenters. The molecule has 0 N–H and O–H groups in total. The summed E-state index contributed by atoms with van der Waals surface area (Å²) in [6.45, 7) is 0. The molecule has 2 aromatic carbocycles. The molecule has 1 aliphatic rings. The van der Waals surface area contributed by atoms with Gasteiger partial charge in [-0.2, -0.15) is 0 Å². The Morgan fingerprint density at radius 3 is 2.11 bits per heavy atom. The van der Waals surface area contributed by atoms with Gasteiger partial charge in [0.2, 0.25) is 5.72 Å². The minimum absolute atomic E-state index is 0.262. The average Bonchev–Trinajstić information content (AvgIpc) is 2.72. The molecule has 0 aromatic heterocycles. The van der Waals surface area contributed by atoms with Crippen LogP contribution in [0.3, 0.4) is 0 Å². The van der Waals surface area contributed by atoms with Crippen molar-refractivity contribution in [1.29, 1.82) is 0 Å². The first kappa shape index (κ1) is 19.1. The molecule has 140 valence electrons. The Bertz CT molecular complexity index is 870. The van der Waals surface area contributed by atoms with Crippen LogP contribution >= 0.6 is 11.6 Å². The molecule has 0 aliphatic carbocycles. The summed E-state index contributed by atoms with van der Waals surface area (Å²) in [5.41, 5.74) is 0.142. The first-order valence-electron chi connectivity index (χ1n) is 8.50. The predicted octanol–water partition coefficient (Wildman–Crippen LogP) is 3.28. The Kier molecular flexibility index (Phi) is 5.35. The van der Waals surface area contributed by atoms with Crippen molar-refractivity contribution in [3.63, 3.8) is 0 Å². The molecule has 1 fully saturated rings. The van der Waals surface area contributed by atoms with Crippen molar-refractivity contribution in [2.75, 3.05) is 21.2 Å². The molecular weight excluding hydrogens is 364 g/mol. The lowest BCUT2D eigenvalue weighted by Crippen LogP contribution is -2.67. The number of hydrogen-bond acceptors (Lipinski definition) is 3. The van der Waals surface area contributed by atoms with E-state index in [0.29, 0.717) is 5.56 Å². The minimum Gasteiger partial charge on any atom is -0.349 e. The number of rotatable bonds is 4. The quantitative estimate of drug-likeness (QED) is 0.600. The van der Waals surface area contributed by atoms with E-state index in [0.717, 1.165) is 5.56 Å². The lowest BCUT2D eigenvalue weighted by atomic mass is 9.95. The highest BCUT2D eigenvalue weighted by Crippen LogP contribution is 2.42. The molecule has 0 unspecified atom stereocenters. The molecule has 1 saturated heterocycles. The van der Waals surface area contributed by atoms with Crippen molar-refractivity contribution in [2.24, 2.45) is 0 Å². The van der Waals surface area contributed by atoms with Crippen molar-refractivity contribution < 1.29 is 14.3 Å². The molecule has 0 spiro atoms. The van der Waals surface area contributed by atoms with Gasteiger partial charge in [0.05, 0.1) is 0 Å². The number of amides is 2. The third kappa shape index (κ3) is 3.13. The van der Waals surface area contributed by atoms with Crippen LogP contribution in [-0.4, -0.2) is 48.5 Å². The molecule has 27 heavy (non-hydrogen) atoms. The standard InChI is InChI=1S/C21H21ClN2O3/c1-23-17(14-15-10-6-4-7-11-15)19(25)24(2)21(27-3,20(23)26)18(22)16-12-8-5-9-13-16/h4-14,18H,1-3H3/b17-14-/t18-,21-/m1/s1. The van der Waals surface area contributed by atoms with E-state index in [9.17, 15) is 9.59 Å². The fraction of sp³-hybridized carbons (Fsp3) is 0.238. The van der Waals surface area contributed by atoms with E-state index in [1.807, 2.05) is 48.5 Å². The van der Waals surface area contributed by atoms with Crippen LogP contribution in [0.15, 0.2) is 66.4 Å². The van der Waals surface area contributed by atoms with E-state index in [-0.39, 0.29) is 11.6 Å². The van der Waals surface area contributed by atoms with Gasteiger partial charge in [-0.3, -0.25) is 9.59 Å². The maximum absolute atomic E-state index is 13.3. The van der Waals surface area contributed by atoms with E-state index >= 15 is 0 Å². The number of carbonyl (C=O) groups excluding carboxylic acids is 2. The van der Waals surface area contributed by atoms with Crippen LogP contribution < -0.4 is 0 Å². The summed E-state index contributed by atoms with van der Waals surface area (Å²) in [4.78, 5) is 29.1. The van der Waals surface area contributed by atoms with Crippen LogP contribution in [0.2, 0.25) is 0 Å². The van der Waals surface area contributed by atoms with Crippen LogP contribution in [-0.2, 0) is 14.3 Å². The molecule has 1 aliphatic heterocycles. The first-order chi connectivity index (χ1) is 12.9. The minimum atomic E-state index is -1.64. The number of ether oxygens (including phenoxy) is 1. The van der Waals surface area contributed by atoms with Crippen molar-refractivity contribution in [3.05, 3.63) is 77.5 Å². The molecule has 0 radical (unpaired) electrons. The summed E-state index contributed by atoms with van der Waals surface area (Å²) in [6.07, 6.45) is 1.68. The molecule has 3 rings (SSSR count).